The molecule has 0 radical (unpaired) electrons. The number of hydrogen-bond acceptors (Lipinski definition) is 2. The maximum Gasteiger partial charge on any atom is 0.161 e. The van der Waals surface area contributed by atoms with E-state index in [-0.39, 0.29) is 0 Å². The van der Waals surface area contributed by atoms with Gasteiger partial charge in [0.15, 0.2) is 5.82 Å². The summed E-state index contributed by atoms with van der Waals surface area (Å²) >= 11 is 6.38. The van der Waals surface area contributed by atoms with E-state index in [0.717, 1.165) is 28.5 Å². The van der Waals surface area contributed by atoms with Crippen LogP contribution in [0, 0.1) is 13.8 Å². The van der Waals surface area contributed by atoms with E-state index in [4.69, 9.17) is 16.6 Å². The predicted molar refractivity (Wildman–Crippen MR) is 88.8 cm³/mol. The van der Waals surface area contributed by atoms with Crippen LogP contribution in [0.5, 0.6) is 0 Å². The predicted octanol–water partition coefficient (Wildman–Crippen LogP) is 5.13. The van der Waals surface area contributed by atoms with Crippen molar-refractivity contribution in [3.05, 3.63) is 58.2 Å². The quantitative estimate of drug-likeness (QED) is 0.613. The smallest absolute Gasteiger partial charge is 0.161 e. The SMILES string of the molecule is CCc1cccc2c(Cl)nc(-c3cc(C)ccc3C)nc12. The van der Waals surface area contributed by atoms with Gasteiger partial charge in [-0.15, -0.1) is 0 Å². The first-order valence-electron chi connectivity index (χ1n) is 7.13. The first-order valence-corrected chi connectivity index (χ1v) is 7.50. The zero-order valence-electron chi connectivity index (χ0n) is 12.4. The number of halogens is 1. The molecular weight excluding hydrogens is 280 g/mol. The zero-order valence-corrected chi connectivity index (χ0v) is 13.2. The fraction of sp³-hybridized carbons (Fsp3) is 0.222. The van der Waals surface area contributed by atoms with Crippen LogP contribution in [0.15, 0.2) is 36.4 Å². The van der Waals surface area contributed by atoms with Crippen LogP contribution < -0.4 is 0 Å². The summed E-state index contributed by atoms with van der Waals surface area (Å²) < 4.78 is 0. The van der Waals surface area contributed by atoms with Crippen LogP contribution in [0.1, 0.15) is 23.6 Å². The fourth-order valence-electron chi connectivity index (χ4n) is 2.56. The van der Waals surface area contributed by atoms with Gasteiger partial charge in [-0.05, 0) is 43.5 Å². The molecule has 106 valence electrons. The van der Waals surface area contributed by atoms with Gasteiger partial charge in [0.05, 0.1) is 5.52 Å². The highest BCUT2D eigenvalue weighted by Gasteiger charge is 2.12. The number of nitrogens with zero attached hydrogens (tertiary/aromatic N) is 2. The molecule has 21 heavy (non-hydrogen) atoms. The van der Waals surface area contributed by atoms with Crippen LogP contribution in [0.4, 0.5) is 0 Å². The van der Waals surface area contributed by atoms with Crippen molar-refractivity contribution in [2.75, 3.05) is 0 Å². The summed E-state index contributed by atoms with van der Waals surface area (Å²) in [5.41, 5.74) is 5.55. The Morgan fingerprint density at radius 2 is 1.86 bits per heavy atom. The van der Waals surface area contributed by atoms with E-state index in [2.05, 4.69) is 50.0 Å². The van der Waals surface area contributed by atoms with E-state index in [1.807, 2.05) is 12.1 Å². The highest BCUT2D eigenvalue weighted by atomic mass is 35.5. The molecule has 0 fully saturated rings. The first-order chi connectivity index (χ1) is 10.1. The van der Waals surface area contributed by atoms with Crippen LogP contribution in [0.25, 0.3) is 22.3 Å². The second-order valence-electron chi connectivity index (χ2n) is 5.32. The first kappa shape index (κ1) is 14.0. The molecule has 0 atom stereocenters. The minimum Gasteiger partial charge on any atom is -0.228 e. The molecule has 3 heteroatoms. The molecule has 3 aromatic rings. The second-order valence-corrected chi connectivity index (χ2v) is 5.68. The number of fused-ring (bicyclic) bond motifs is 1. The Morgan fingerprint density at radius 3 is 2.62 bits per heavy atom. The molecule has 0 saturated heterocycles. The number of aromatic nitrogens is 2. The van der Waals surface area contributed by atoms with Crippen molar-refractivity contribution in [2.45, 2.75) is 27.2 Å². The Morgan fingerprint density at radius 1 is 1.05 bits per heavy atom. The van der Waals surface area contributed by atoms with E-state index in [9.17, 15) is 0 Å². The molecular formula is C18H17ClN2. The minimum atomic E-state index is 0.520. The second kappa shape index (κ2) is 5.45. The van der Waals surface area contributed by atoms with Crippen molar-refractivity contribution in [2.24, 2.45) is 0 Å². The van der Waals surface area contributed by atoms with Crippen LogP contribution in [0.2, 0.25) is 5.15 Å². The lowest BCUT2D eigenvalue weighted by molar-refractivity contribution is 1.13. The van der Waals surface area contributed by atoms with Gasteiger partial charge in [-0.25, -0.2) is 9.97 Å². The molecule has 1 heterocycles. The van der Waals surface area contributed by atoms with Gasteiger partial charge in [0.1, 0.15) is 5.15 Å². The van der Waals surface area contributed by atoms with Gasteiger partial charge >= 0.3 is 0 Å². The summed E-state index contributed by atoms with van der Waals surface area (Å²) in [6.45, 7) is 6.27. The Labute approximate surface area is 129 Å². The van der Waals surface area contributed by atoms with E-state index < -0.39 is 0 Å². The summed E-state index contributed by atoms with van der Waals surface area (Å²) in [7, 11) is 0. The van der Waals surface area contributed by atoms with E-state index >= 15 is 0 Å². The van der Waals surface area contributed by atoms with Gasteiger partial charge < -0.3 is 0 Å². The maximum atomic E-state index is 6.38. The van der Waals surface area contributed by atoms with Crippen LogP contribution in [-0.2, 0) is 6.42 Å². The molecule has 0 bridgehead atoms. The molecule has 0 spiro atoms. The molecule has 1 aromatic heterocycles. The standard InChI is InChI=1S/C18H17ClN2/c1-4-13-6-5-7-14-16(13)20-18(21-17(14)19)15-10-11(2)8-9-12(15)3/h5-10H,4H2,1-3H3. The molecule has 0 aliphatic rings. The fourth-order valence-corrected chi connectivity index (χ4v) is 2.79. The summed E-state index contributed by atoms with van der Waals surface area (Å²) in [4.78, 5) is 9.29. The normalized spacial score (nSPS) is 11.0. The van der Waals surface area contributed by atoms with Crippen LogP contribution in [0.3, 0.4) is 0 Å². The molecule has 0 aliphatic carbocycles. The van der Waals surface area contributed by atoms with Crippen molar-refractivity contribution >= 4 is 22.5 Å². The molecule has 2 aromatic carbocycles. The van der Waals surface area contributed by atoms with E-state index in [0.29, 0.717) is 11.0 Å². The average Bonchev–Trinajstić information content (AvgIpc) is 2.49. The molecule has 0 aliphatic heterocycles. The van der Waals surface area contributed by atoms with Gasteiger partial charge in [-0.3, -0.25) is 0 Å². The van der Waals surface area contributed by atoms with E-state index in [1.54, 1.807) is 0 Å². The number of aryl methyl sites for hydroxylation is 3. The Kier molecular flexibility index (Phi) is 3.64. The van der Waals surface area contributed by atoms with Crippen LogP contribution >= 0.6 is 11.6 Å². The monoisotopic (exact) mass is 296 g/mol. The van der Waals surface area contributed by atoms with E-state index in [1.165, 1.54) is 11.1 Å². The number of hydrogen-bond donors (Lipinski definition) is 0. The molecule has 3 rings (SSSR count). The lowest BCUT2D eigenvalue weighted by Crippen LogP contribution is -1.97. The minimum absolute atomic E-state index is 0.520. The highest BCUT2D eigenvalue weighted by molar-refractivity contribution is 6.34. The van der Waals surface area contributed by atoms with Gasteiger partial charge in [-0.1, -0.05) is 48.4 Å². The number of para-hydroxylation sites is 1. The summed E-state index contributed by atoms with van der Waals surface area (Å²) in [5, 5.41) is 1.44. The summed E-state index contributed by atoms with van der Waals surface area (Å²) in [6, 6.07) is 12.4. The van der Waals surface area contributed by atoms with Crippen molar-refractivity contribution in [3.63, 3.8) is 0 Å². The number of rotatable bonds is 2. The lowest BCUT2D eigenvalue weighted by Gasteiger charge is -2.10. The average molecular weight is 297 g/mol. The molecule has 0 N–H and O–H groups in total. The van der Waals surface area contributed by atoms with Crippen LogP contribution in [-0.4, -0.2) is 9.97 Å². The highest BCUT2D eigenvalue weighted by Crippen LogP contribution is 2.29. The Balaban J connectivity index is 2.31. The van der Waals surface area contributed by atoms with Crippen molar-refractivity contribution < 1.29 is 0 Å². The third kappa shape index (κ3) is 2.52. The topological polar surface area (TPSA) is 25.8 Å². The van der Waals surface area contributed by atoms with Gasteiger partial charge in [-0.2, -0.15) is 0 Å². The summed E-state index contributed by atoms with van der Waals surface area (Å²) in [6.07, 6.45) is 0.928. The van der Waals surface area contributed by atoms with Gasteiger partial charge in [0.2, 0.25) is 0 Å². The molecule has 0 unspecified atom stereocenters. The lowest BCUT2D eigenvalue weighted by atomic mass is 10.0. The maximum absolute atomic E-state index is 6.38. The Bertz CT molecular complexity index is 825. The molecule has 2 nitrogen and oxygen atoms in total. The largest absolute Gasteiger partial charge is 0.228 e. The van der Waals surface area contributed by atoms with Crippen molar-refractivity contribution in [1.82, 2.24) is 9.97 Å². The van der Waals surface area contributed by atoms with Gasteiger partial charge in [0, 0.05) is 10.9 Å². The molecule has 0 saturated carbocycles. The third-order valence-electron chi connectivity index (χ3n) is 3.78. The van der Waals surface area contributed by atoms with Crippen molar-refractivity contribution in [1.29, 1.82) is 0 Å². The summed E-state index contributed by atoms with van der Waals surface area (Å²) in [5.74, 6) is 0.703. The van der Waals surface area contributed by atoms with Crippen molar-refractivity contribution in [3.8, 4) is 11.4 Å². The number of benzene rings is 2. The molecule has 0 amide bonds. The third-order valence-corrected chi connectivity index (χ3v) is 4.07. The van der Waals surface area contributed by atoms with Gasteiger partial charge in [0.25, 0.3) is 0 Å². The zero-order chi connectivity index (χ0) is 15.0. The Hall–Kier alpha value is -1.93.